The smallest absolute Gasteiger partial charge is 0.320 e. The summed E-state index contributed by atoms with van der Waals surface area (Å²) in [5.41, 5.74) is 0. The van der Waals surface area contributed by atoms with Crippen molar-refractivity contribution >= 4 is 5.97 Å². The van der Waals surface area contributed by atoms with Crippen molar-refractivity contribution in [1.82, 2.24) is 10.2 Å². The SMILES string of the molecule is CCCC(C(=O)O)N1CCN[C@@H](C)C1. The lowest BCUT2D eigenvalue weighted by Gasteiger charge is -2.35. The lowest BCUT2D eigenvalue weighted by Crippen LogP contribution is -2.54. The van der Waals surface area contributed by atoms with Crippen LogP contribution in [0.15, 0.2) is 0 Å². The minimum absolute atomic E-state index is 0.287. The predicted molar refractivity (Wildman–Crippen MR) is 55.4 cm³/mol. The highest BCUT2D eigenvalue weighted by molar-refractivity contribution is 5.73. The van der Waals surface area contributed by atoms with E-state index in [0.717, 1.165) is 32.5 Å². The molecule has 1 aliphatic heterocycles. The van der Waals surface area contributed by atoms with Crippen LogP contribution in [-0.2, 0) is 4.79 Å². The van der Waals surface area contributed by atoms with Gasteiger partial charge in [0.2, 0.25) is 0 Å². The van der Waals surface area contributed by atoms with E-state index in [1.54, 1.807) is 0 Å². The molecule has 1 rings (SSSR count). The number of hydrogen-bond donors (Lipinski definition) is 2. The van der Waals surface area contributed by atoms with E-state index in [1.807, 2.05) is 6.92 Å². The molecule has 0 aromatic rings. The molecule has 0 saturated carbocycles. The zero-order chi connectivity index (χ0) is 10.6. The van der Waals surface area contributed by atoms with Gasteiger partial charge < -0.3 is 10.4 Å². The monoisotopic (exact) mass is 200 g/mol. The quantitative estimate of drug-likeness (QED) is 0.695. The van der Waals surface area contributed by atoms with Gasteiger partial charge in [0.05, 0.1) is 0 Å². The molecule has 4 nitrogen and oxygen atoms in total. The molecule has 0 aromatic heterocycles. The Morgan fingerprint density at radius 3 is 2.93 bits per heavy atom. The van der Waals surface area contributed by atoms with Crippen molar-refractivity contribution in [1.29, 1.82) is 0 Å². The second-order valence-corrected chi connectivity index (χ2v) is 3.99. The summed E-state index contributed by atoms with van der Waals surface area (Å²) < 4.78 is 0. The molecule has 0 amide bonds. The molecule has 0 bridgehead atoms. The second-order valence-electron chi connectivity index (χ2n) is 3.99. The zero-order valence-electron chi connectivity index (χ0n) is 8.99. The first-order valence-corrected chi connectivity index (χ1v) is 5.35. The van der Waals surface area contributed by atoms with Gasteiger partial charge in [-0.2, -0.15) is 0 Å². The molecule has 1 heterocycles. The highest BCUT2D eigenvalue weighted by atomic mass is 16.4. The number of nitrogens with zero attached hydrogens (tertiary/aromatic N) is 1. The lowest BCUT2D eigenvalue weighted by molar-refractivity contribution is -0.144. The number of carbonyl (C=O) groups is 1. The standard InChI is InChI=1S/C10H20N2O2/c1-3-4-9(10(13)14)12-6-5-11-8(2)7-12/h8-9,11H,3-7H2,1-2H3,(H,13,14)/t8-,9?/m0/s1. The Labute approximate surface area is 85.3 Å². The molecule has 0 aromatic carbocycles. The van der Waals surface area contributed by atoms with Gasteiger partial charge in [-0.1, -0.05) is 13.3 Å². The maximum absolute atomic E-state index is 11.0. The Bertz CT molecular complexity index is 197. The van der Waals surface area contributed by atoms with E-state index in [4.69, 9.17) is 5.11 Å². The molecule has 0 aliphatic carbocycles. The van der Waals surface area contributed by atoms with Gasteiger partial charge in [0, 0.05) is 25.7 Å². The van der Waals surface area contributed by atoms with Gasteiger partial charge in [0.15, 0.2) is 0 Å². The molecule has 82 valence electrons. The van der Waals surface area contributed by atoms with Crippen molar-refractivity contribution < 1.29 is 9.90 Å². The van der Waals surface area contributed by atoms with Crippen LogP contribution >= 0.6 is 0 Å². The van der Waals surface area contributed by atoms with Crippen LogP contribution in [0.25, 0.3) is 0 Å². The summed E-state index contributed by atoms with van der Waals surface area (Å²) in [6.07, 6.45) is 1.68. The van der Waals surface area contributed by atoms with Crippen LogP contribution in [0.4, 0.5) is 0 Å². The van der Waals surface area contributed by atoms with Gasteiger partial charge in [0.25, 0.3) is 0 Å². The minimum Gasteiger partial charge on any atom is -0.480 e. The Morgan fingerprint density at radius 1 is 1.71 bits per heavy atom. The van der Waals surface area contributed by atoms with Gasteiger partial charge in [-0.25, -0.2) is 0 Å². The van der Waals surface area contributed by atoms with Crippen molar-refractivity contribution in [3.8, 4) is 0 Å². The number of carboxylic acids is 1. The third-order valence-corrected chi connectivity index (χ3v) is 2.69. The van der Waals surface area contributed by atoms with Crippen LogP contribution < -0.4 is 5.32 Å². The van der Waals surface area contributed by atoms with E-state index in [-0.39, 0.29) is 6.04 Å². The van der Waals surface area contributed by atoms with E-state index >= 15 is 0 Å². The summed E-state index contributed by atoms with van der Waals surface area (Å²) in [5, 5.41) is 12.4. The Morgan fingerprint density at radius 2 is 2.43 bits per heavy atom. The first-order valence-electron chi connectivity index (χ1n) is 5.35. The molecule has 14 heavy (non-hydrogen) atoms. The molecule has 2 N–H and O–H groups in total. The molecule has 1 unspecified atom stereocenters. The molecule has 1 aliphatic rings. The highest BCUT2D eigenvalue weighted by Crippen LogP contribution is 2.10. The fourth-order valence-electron chi connectivity index (χ4n) is 1.98. The maximum atomic E-state index is 11.0. The summed E-state index contributed by atoms with van der Waals surface area (Å²) in [7, 11) is 0. The van der Waals surface area contributed by atoms with Crippen LogP contribution in [0.1, 0.15) is 26.7 Å². The number of piperazine rings is 1. The Kier molecular flexibility index (Phi) is 4.35. The van der Waals surface area contributed by atoms with E-state index in [9.17, 15) is 4.79 Å². The fraction of sp³-hybridized carbons (Fsp3) is 0.900. The molecule has 2 atom stereocenters. The number of rotatable bonds is 4. The van der Waals surface area contributed by atoms with Crippen LogP contribution in [0.3, 0.4) is 0 Å². The topological polar surface area (TPSA) is 52.6 Å². The molecule has 0 spiro atoms. The third kappa shape index (κ3) is 2.96. The summed E-state index contributed by atoms with van der Waals surface area (Å²) in [6, 6.07) is 0.118. The Hall–Kier alpha value is -0.610. The minimum atomic E-state index is -0.680. The lowest BCUT2D eigenvalue weighted by atomic mass is 10.1. The van der Waals surface area contributed by atoms with E-state index in [0.29, 0.717) is 6.04 Å². The van der Waals surface area contributed by atoms with Gasteiger partial charge in [-0.05, 0) is 13.3 Å². The maximum Gasteiger partial charge on any atom is 0.320 e. The zero-order valence-corrected chi connectivity index (χ0v) is 8.99. The fourth-order valence-corrected chi connectivity index (χ4v) is 1.98. The van der Waals surface area contributed by atoms with Crippen molar-refractivity contribution in [3.05, 3.63) is 0 Å². The van der Waals surface area contributed by atoms with Crippen LogP contribution in [0.5, 0.6) is 0 Å². The molecule has 1 fully saturated rings. The normalized spacial score (nSPS) is 26.0. The summed E-state index contributed by atoms with van der Waals surface area (Å²) in [5.74, 6) is -0.680. The van der Waals surface area contributed by atoms with Gasteiger partial charge in [-0.15, -0.1) is 0 Å². The van der Waals surface area contributed by atoms with E-state index < -0.39 is 5.97 Å². The molecule has 0 radical (unpaired) electrons. The summed E-state index contributed by atoms with van der Waals surface area (Å²) in [4.78, 5) is 13.1. The first kappa shape index (κ1) is 11.5. The van der Waals surface area contributed by atoms with Crippen molar-refractivity contribution in [2.75, 3.05) is 19.6 Å². The highest BCUT2D eigenvalue weighted by Gasteiger charge is 2.27. The van der Waals surface area contributed by atoms with Crippen LogP contribution in [-0.4, -0.2) is 47.7 Å². The van der Waals surface area contributed by atoms with Crippen molar-refractivity contribution in [3.63, 3.8) is 0 Å². The Balaban J connectivity index is 2.53. The molecule has 1 saturated heterocycles. The van der Waals surface area contributed by atoms with Crippen molar-refractivity contribution in [2.24, 2.45) is 0 Å². The second kappa shape index (κ2) is 5.32. The van der Waals surface area contributed by atoms with Crippen molar-refractivity contribution in [2.45, 2.75) is 38.8 Å². The van der Waals surface area contributed by atoms with Crippen LogP contribution in [0, 0.1) is 0 Å². The largest absolute Gasteiger partial charge is 0.480 e. The number of hydrogen-bond acceptors (Lipinski definition) is 3. The average molecular weight is 200 g/mol. The third-order valence-electron chi connectivity index (χ3n) is 2.69. The summed E-state index contributed by atoms with van der Waals surface area (Å²) >= 11 is 0. The molecular weight excluding hydrogens is 180 g/mol. The predicted octanol–water partition coefficient (Wildman–Crippen LogP) is 0.533. The molecular formula is C10H20N2O2. The number of aliphatic carboxylic acids is 1. The van der Waals surface area contributed by atoms with Gasteiger partial charge in [-0.3, -0.25) is 9.69 Å². The summed E-state index contributed by atoms with van der Waals surface area (Å²) in [6.45, 7) is 6.71. The first-order chi connectivity index (χ1) is 6.65. The van der Waals surface area contributed by atoms with Crippen LogP contribution in [0.2, 0.25) is 0 Å². The van der Waals surface area contributed by atoms with E-state index in [2.05, 4.69) is 17.1 Å². The average Bonchev–Trinajstić information content (AvgIpc) is 2.13. The van der Waals surface area contributed by atoms with Gasteiger partial charge >= 0.3 is 5.97 Å². The van der Waals surface area contributed by atoms with E-state index in [1.165, 1.54) is 0 Å². The van der Waals surface area contributed by atoms with Gasteiger partial charge in [0.1, 0.15) is 6.04 Å². The number of carboxylic acid groups (broad SMARTS) is 1. The number of nitrogens with one attached hydrogen (secondary N) is 1. The molecule has 4 heteroatoms.